The maximum atomic E-state index is 15.9. The number of rotatable bonds is 12. The summed E-state index contributed by atoms with van der Waals surface area (Å²) >= 11 is 0. The molecule has 4 aliphatic rings. The summed E-state index contributed by atoms with van der Waals surface area (Å²) < 4.78 is 206. The second-order valence-corrected chi connectivity index (χ2v) is 8.46. The highest BCUT2D eigenvalue weighted by Gasteiger charge is 3.22. The first-order valence-corrected chi connectivity index (χ1v) is 10.5. The minimum atomic E-state index is -7.04. The summed E-state index contributed by atoms with van der Waals surface area (Å²) in [7, 11) is 0. The Labute approximate surface area is 204 Å². The topological polar surface area (TPSA) is 118 Å². The van der Waals surface area contributed by atoms with Crippen LogP contribution in [0.4, 0.5) is 52.7 Å². The lowest BCUT2D eigenvalue weighted by atomic mass is 9.38. The molecular weight excluding hydrogens is 572 g/mol. The molecule has 0 aromatic rings. The molecule has 0 amide bonds. The lowest BCUT2D eigenvalue weighted by molar-refractivity contribution is -0.649. The van der Waals surface area contributed by atoms with E-state index in [4.69, 9.17) is 20.4 Å². The van der Waals surface area contributed by atoms with Gasteiger partial charge in [0.1, 0.15) is 0 Å². The normalized spacial score (nSPS) is 40.4. The van der Waals surface area contributed by atoms with Crippen molar-refractivity contribution in [3.63, 3.8) is 0 Å². The Kier molecular flexibility index (Phi) is 7.16. The van der Waals surface area contributed by atoms with Crippen molar-refractivity contribution >= 4 is 0 Å². The number of aliphatic hydroxyl groups is 4. The van der Waals surface area contributed by atoms with E-state index in [1.807, 2.05) is 0 Å². The molecular formula is C18H20F12O8. The van der Waals surface area contributed by atoms with Crippen molar-refractivity contribution in [2.24, 2.45) is 0 Å². The van der Waals surface area contributed by atoms with Crippen molar-refractivity contribution in [1.82, 2.24) is 0 Å². The van der Waals surface area contributed by atoms with Gasteiger partial charge in [0.2, 0.25) is 0 Å². The van der Waals surface area contributed by atoms with Crippen molar-refractivity contribution in [3.8, 4) is 0 Å². The van der Waals surface area contributed by atoms with E-state index in [2.05, 4.69) is 18.9 Å². The molecule has 0 aromatic carbocycles. The van der Waals surface area contributed by atoms with E-state index in [1.165, 1.54) is 0 Å². The van der Waals surface area contributed by atoms with Crippen molar-refractivity contribution in [3.05, 3.63) is 0 Å². The minimum absolute atomic E-state index is 1.72. The van der Waals surface area contributed by atoms with Gasteiger partial charge in [-0.3, -0.25) is 0 Å². The first-order valence-electron chi connectivity index (χ1n) is 10.5. The number of halogens is 12. The van der Waals surface area contributed by atoms with Crippen LogP contribution >= 0.6 is 0 Å². The van der Waals surface area contributed by atoms with Crippen LogP contribution in [0, 0.1) is 0 Å². The van der Waals surface area contributed by atoms with E-state index in [0.29, 0.717) is 0 Å². The summed E-state index contributed by atoms with van der Waals surface area (Å²) in [6, 6.07) is 0. The maximum Gasteiger partial charge on any atom is 0.329 e. The Balaban J connectivity index is 2.73. The summed E-state index contributed by atoms with van der Waals surface area (Å²) in [6.07, 6.45) is 0. The van der Waals surface area contributed by atoms with Gasteiger partial charge in [0.15, 0.2) is 0 Å². The third kappa shape index (κ3) is 2.48. The van der Waals surface area contributed by atoms with E-state index in [9.17, 15) is 0 Å². The molecule has 0 spiro atoms. The molecule has 4 bridgehead atoms. The first-order chi connectivity index (χ1) is 17.2. The van der Waals surface area contributed by atoms with Crippen molar-refractivity contribution < 1.29 is 92.1 Å². The van der Waals surface area contributed by atoms with Crippen molar-refractivity contribution in [2.45, 2.75) is 57.9 Å². The number of alkyl halides is 12. The van der Waals surface area contributed by atoms with Crippen LogP contribution in [0.15, 0.2) is 0 Å². The fraction of sp³-hybridized carbons (Fsp3) is 1.00. The minimum Gasteiger partial charge on any atom is -0.394 e. The first kappa shape index (κ1) is 31.4. The van der Waals surface area contributed by atoms with Gasteiger partial charge >= 0.3 is 35.5 Å². The van der Waals surface area contributed by atoms with Crippen LogP contribution in [0.2, 0.25) is 0 Å². The van der Waals surface area contributed by atoms with Gasteiger partial charge in [-0.05, 0) is 0 Å². The summed E-state index contributed by atoms with van der Waals surface area (Å²) in [4.78, 5) is 0. The van der Waals surface area contributed by atoms with Crippen LogP contribution in [0.3, 0.4) is 0 Å². The lowest BCUT2D eigenvalue weighted by Crippen LogP contribution is -3.12. The third-order valence-corrected chi connectivity index (χ3v) is 6.95. The maximum absolute atomic E-state index is 15.9. The van der Waals surface area contributed by atoms with E-state index in [1.54, 1.807) is 0 Å². The predicted octanol–water partition coefficient (Wildman–Crippen LogP) is 0.830. The Morgan fingerprint density at radius 1 is 0.316 bits per heavy atom. The van der Waals surface area contributed by atoms with E-state index >= 15 is 52.7 Å². The molecule has 0 atom stereocenters. The highest BCUT2D eigenvalue weighted by molar-refractivity contribution is 5.55. The van der Waals surface area contributed by atoms with Crippen LogP contribution in [0.5, 0.6) is 0 Å². The molecule has 4 fully saturated rings. The molecule has 8 nitrogen and oxygen atoms in total. The fourth-order valence-electron chi connectivity index (χ4n) is 5.74. The van der Waals surface area contributed by atoms with Crippen LogP contribution in [-0.4, -0.2) is 131 Å². The van der Waals surface area contributed by atoms with Crippen LogP contribution in [-0.2, 0) is 18.9 Å². The zero-order valence-corrected chi connectivity index (χ0v) is 18.6. The van der Waals surface area contributed by atoms with Crippen LogP contribution in [0.1, 0.15) is 0 Å². The molecule has 0 unspecified atom stereocenters. The quantitative estimate of drug-likeness (QED) is 0.247. The molecule has 0 aliphatic heterocycles. The largest absolute Gasteiger partial charge is 0.394 e. The second kappa shape index (κ2) is 8.67. The Morgan fingerprint density at radius 2 is 0.447 bits per heavy atom. The SMILES string of the molecule is OCCOC12C(F)(F)C3(OCCO)C(F)(F)C(OCCO)(C1(F)F)C(F)(F)C(OCCO)(C2(F)F)C3(F)F. The Bertz CT molecular complexity index is 695. The van der Waals surface area contributed by atoms with Crippen molar-refractivity contribution in [2.75, 3.05) is 52.9 Å². The Hall–Kier alpha value is -1.16. The zero-order chi connectivity index (χ0) is 29.5. The molecule has 0 aromatic heterocycles. The molecule has 20 heteroatoms. The van der Waals surface area contributed by atoms with E-state index < -0.39 is 111 Å². The fourth-order valence-corrected chi connectivity index (χ4v) is 5.74. The molecule has 0 radical (unpaired) electrons. The summed E-state index contributed by atoms with van der Waals surface area (Å²) in [5.41, 5.74) is -25.7. The van der Waals surface area contributed by atoms with Gasteiger partial charge in [0.05, 0.1) is 52.9 Å². The monoisotopic (exact) mass is 592 g/mol. The van der Waals surface area contributed by atoms with Gasteiger partial charge in [-0.15, -0.1) is 0 Å². The Morgan fingerprint density at radius 3 is 0.553 bits per heavy atom. The number of ether oxygens (including phenoxy) is 4. The van der Waals surface area contributed by atoms with Gasteiger partial charge in [0.25, 0.3) is 22.4 Å². The molecule has 0 heterocycles. The van der Waals surface area contributed by atoms with E-state index in [-0.39, 0.29) is 0 Å². The lowest BCUT2D eigenvalue weighted by Gasteiger charge is -2.78. The van der Waals surface area contributed by atoms with Crippen molar-refractivity contribution in [1.29, 1.82) is 0 Å². The number of aliphatic hydroxyl groups excluding tert-OH is 4. The summed E-state index contributed by atoms with van der Waals surface area (Å²) in [5.74, 6) is -42.3. The highest BCUT2D eigenvalue weighted by Crippen LogP contribution is 2.88. The number of hydrogen-bond acceptors (Lipinski definition) is 8. The van der Waals surface area contributed by atoms with Gasteiger partial charge in [-0.1, -0.05) is 0 Å². The third-order valence-electron chi connectivity index (χ3n) is 6.95. The smallest absolute Gasteiger partial charge is 0.329 e. The van der Waals surface area contributed by atoms with Crippen LogP contribution < -0.4 is 0 Å². The molecule has 0 saturated heterocycles. The molecule has 4 N–H and O–H groups in total. The van der Waals surface area contributed by atoms with Gasteiger partial charge in [-0.2, -0.15) is 52.7 Å². The molecule has 4 saturated carbocycles. The predicted molar refractivity (Wildman–Crippen MR) is 92.8 cm³/mol. The zero-order valence-electron chi connectivity index (χ0n) is 18.6. The summed E-state index contributed by atoms with van der Waals surface area (Å²) in [5, 5.41) is 35.6. The van der Waals surface area contributed by atoms with Gasteiger partial charge < -0.3 is 39.4 Å². The highest BCUT2D eigenvalue weighted by atomic mass is 19.3. The molecule has 224 valence electrons. The summed E-state index contributed by atoms with van der Waals surface area (Å²) in [6.45, 7) is -15.1. The average molecular weight is 592 g/mol. The molecule has 4 aliphatic carbocycles. The van der Waals surface area contributed by atoms with Gasteiger partial charge in [0, 0.05) is 0 Å². The number of hydrogen-bond donors (Lipinski definition) is 4. The average Bonchev–Trinajstić information content (AvgIpc) is 2.76. The molecule has 4 rings (SSSR count). The molecule has 38 heavy (non-hydrogen) atoms. The van der Waals surface area contributed by atoms with E-state index in [0.717, 1.165) is 0 Å². The van der Waals surface area contributed by atoms with Crippen LogP contribution in [0.25, 0.3) is 0 Å². The standard InChI is InChI=1S/C18H20F12O8/c19-13(20)9(35-5-1-31)14(21,22)11(37-7-3-33)16(25,26)10(13,36-6-2-32)17(27,28)12(15(9,23)24,18(11,29)30)38-8-4-34/h31-34H,1-8H2. The second-order valence-electron chi connectivity index (χ2n) is 8.46. The van der Waals surface area contributed by atoms with Gasteiger partial charge in [-0.25, -0.2) is 0 Å².